The van der Waals surface area contributed by atoms with Gasteiger partial charge in [-0.05, 0) is 39.4 Å². The van der Waals surface area contributed by atoms with E-state index in [0.717, 1.165) is 56.5 Å². The lowest BCUT2D eigenvalue weighted by atomic mass is 10.1. The van der Waals surface area contributed by atoms with Gasteiger partial charge in [0, 0.05) is 58.0 Å². The van der Waals surface area contributed by atoms with Crippen LogP contribution in [0.2, 0.25) is 0 Å². The molecule has 1 aliphatic heterocycles. The third kappa shape index (κ3) is 9.36. The number of piperazine rings is 1. The summed E-state index contributed by atoms with van der Waals surface area (Å²) in [4.78, 5) is 9.71. The Balaban J connectivity index is 0.00000450. The van der Waals surface area contributed by atoms with Crippen molar-refractivity contribution in [3.63, 3.8) is 0 Å². The zero-order chi connectivity index (χ0) is 21.1. The van der Waals surface area contributed by atoms with Crippen molar-refractivity contribution < 1.29 is 9.47 Å². The van der Waals surface area contributed by atoms with E-state index in [1.807, 2.05) is 0 Å². The maximum Gasteiger partial charge on any atom is 0.191 e. The highest BCUT2D eigenvalue weighted by Crippen LogP contribution is 2.21. The molecule has 0 amide bonds. The van der Waals surface area contributed by atoms with Crippen molar-refractivity contribution in [2.75, 3.05) is 66.6 Å². The maximum absolute atomic E-state index is 5.89. The number of nitrogens with one attached hydrogen (secondary N) is 2. The van der Waals surface area contributed by atoms with Crippen LogP contribution in [0.1, 0.15) is 25.0 Å². The summed E-state index contributed by atoms with van der Waals surface area (Å²) in [6.45, 7) is 14.4. The summed E-state index contributed by atoms with van der Waals surface area (Å²) in [6.07, 6.45) is 0. The van der Waals surface area contributed by atoms with Crippen LogP contribution in [-0.2, 0) is 11.3 Å². The predicted molar refractivity (Wildman–Crippen MR) is 135 cm³/mol. The number of hydrogen-bond donors (Lipinski definition) is 2. The molecule has 1 heterocycles. The molecule has 1 aliphatic rings. The fourth-order valence-electron chi connectivity index (χ4n) is 3.30. The summed E-state index contributed by atoms with van der Waals surface area (Å²) in [5, 5.41) is 6.86. The molecule has 172 valence electrons. The quantitative estimate of drug-likeness (QED) is 0.209. The van der Waals surface area contributed by atoms with Crippen molar-refractivity contribution in [1.29, 1.82) is 0 Å². The molecule has 0 aliphatic carbocycles. The van der Waals surface area contributed by atoms with Crippen LogP contribution >= 0.6 is 24.0 Å². The van der Waals surface area contributed by atoms with Crippen LogP contribution in [0.25, 0.3) is 0 Å². The highest BCUT2D eigenvalue weighted by Gasteiger charge is 2.19. The minimum atomic E-state index is 0. The molecule has 0 saturated carbocycles. The highest BCUT2D eigenvalue weighted by atomic mass is 127. The second kappa shape index (κ2) is 14.8. The van der Waals surface area contributed by atoms with Gasteiger partial charge in [-0.2, -0.15) is 0 Å². The predicted octanol–water partition coefficient (Wildman–Crippen LogP) is 2.33. The first-order valence-electron chi connectivity index (χ1n) is 10.7. The molecule has 1 saturated heterocycles. The van der Waals surface area contributed by atoms with Crippen LogP contribution in [0.5, 0.6) is 5.75 Å². The monoisotopic (exact) mass is 533 g/mol. The molecule has 1 fully saturated rings. The third-order valence-corrected chi connectivity index (χ3v) is 5.25. The van der Waals surface area contributed by atoms with Gasteiger partial charge in [0.05, 0.1) is 13.2 Å². The number of methoxy groups -OCH3 is 1. The van der Waals surface area contributed by atoms with Gasteiger partial charge in [-0.1, -0.05) is 12.1 Å². The normalized spacial score (nSPS) is 16.6. The molecule has 1 aromatic rings. The number of halogens is 1. The first-order chi connectivity index (χ1) is 14.0. The molecule has 1 atom stereocenters. The molecule has 1 aromatic carbocycles. The summed E-state index contributed by atoms with van der Waals surface area (Å²) in [5.41, 5.74) is 2.26. The molecule has 7 nitrogen and oxygen atoms in total. The Labute approximate surface area is 199 Å². The highest BCUT2D eigenvalue weighted by molar-refractivity contribution is 14.0. The molecule has 0 radical (unpaired) electrons. The largest absolute Gasteiger partial charge is 0.491 e. The SMILES string of the molecule is CCNC(=NCc1ccc(C)cc1OCCOC)NCC(C)N1CCN(C)CC1.I. The Morgan fingerprint density at radius 2 is 1.90 bits per heavy atom. The topological polar surface area (TPSA) is 61.4 Å². The molecule has 0 bridgehead atoms. The number of nitrogens with zero attached hydrogens (tertiary/aromatic N) is 3. The van der Waals surface area contributed by atoms with E-state index in [1.165, 1.54) is 5.56 Å². The number of benzene rings is 1. The van der Waals surface area contributed by atoms with Gasteiger partial charge in [0.15, 0.2) is 5.96 Å². The summed E-state index contributed by atoms with van der Waals surface area (Å²) in [6, 6.07) is 6.73. The maximum atomic E-state index is 5.89. The van der Waals surface area contributed by atoms with Crippen molar-refractivity contribution in [3.05, 3.63) is 29.3 Å². The van der Waals surface area contributed by atoms with Crippen LogP contribution in [0.3, 0.4) is 0 Å². The van der Waals surface area contributed by atoms with E-state index >= 15 is 0 Å². The minimum absolute atomic E-state index is 0. The Kier molecular flexibility index (Phi) is 13.3. The van der Waals surface area contributed by atoms with Gasteiger partial charge in [0.25, 0.3) is 0 Å². The van der Waals surface area contributed by atoms with Gasteiger partial charge in [-0.3, -0.25) is 4.90 Å². The minimum Gasteiger partial charge on any atom is -0.491 e. The first-order valence-corrected chi connectivity index (χ1v) is 10.7. The Morgan fingerprint density at radius 3 is 2.57 bits per heavy atom. The van der Waals surface area contributed by atoms with E-state index in [0.29, 0.717) is 25.8 Å². The Bertz CT molecular complexity index is 636. The van der Waals surface area contributed by atoms with Crippen molar-refractivity contribution in [2.24, 2.45) is 4.99 Å². The standard InChI is InChI=1S/C22H39N5O2.HI/c1-6-23-22(24-16-19(3)27-11-9-26(4)10-12-27)25-17-20-8-7-18(2)15-21(20)29-14-13-28-5;/h7-8,15,19H,6,9-14,16-17H2,1-5H3,(H2,23,24,25);1H. The summed E-state index contributed by atoms with van der Waals surface area (Å²) in [5.74, 6) is 1.73. The molecule has 0 aromatic heterocycles. The molecule has 0 spiro atoms. The summed E-state index contributed by atoms with van der Waals surface area (Å²) >= 11 is 0. The van der Waals surface area contributed by atoms with Crippen LogP contribution in [-0.4, -0.2) is 88.4 Å². The zero-order valence-corrected chi connectivity index (χ0v) is 21.6. The number of rotatable bonds is 10. The van der Waals surface area contributed by atoms with E-state index in [1.54, 1.807) is 7.11 Å². The van der Waals surface area contributed by atoms with Crippen molar-refractivity contribution in [3.8, 4) is 5.75 Å². The average molecular weight is 533 g/mol. The number of aryl methyl sites for hydroxylation is 1. The summed E-state index contributed by atoms with van der Waals surface area (Å²) < 4.78 is 11.0. The third-order valence-electron chi connectivity index (χ3n) is 5.25. The van der Waals surface area contributed by atoms with E-state index in [-0.39, 0.29) is 24.0 Å². The lowest BCUT2D eigenvalue weighted by molar-refractivity contribution is 0.120. The van der Waals surface area contributed by atoms with Gasteiger partial charge in [0.1, 0.15) is 12.4 Å². The second-order valence-electron chi connectivity index (χ2n) is 7.72. The van der Waals surface area contributed by atoms with Crippen LogP contribution in [0.4, 0.5) is 0 Å². The summed E-state index contributed by atoms with van der Waals surface area (Å²) in [7, 11) is 3.87. The van der Waals surface area contributed by atoms with Crippen molar-refractivity contribution >= 4 is 29.9 Å². The lowest BCUT2D eigenvalue weighted by Gasteiger charge is -2.36. The van der Waals surface area contributed by atoms with E-state index in [9.17, 15) is 0 Å². The lowest BCUT2D eigenvalue weighted by Crippen LogP contribution is -2.52. The molecule has 30 heavy (non-hydrogen) atoms. The van der Waals surface area contributed by atoms with Gasteiger partial charge in [-0.15, -0.1) is 24.0 Å². The van der Waals surface area contributed by atoms with E-state index < -0.39 is 0 Å². The number of guanidine groups is 1. The van der Waals surface area contributed by atoms with Crippen molar-refractivity contribution in [2.45, 2.75) is 33.4 Å². The molecular formula is C22H40IN5O2. The second-order valence-corrected chi connectivity index (χ2v) is 7.72. The van der Waals surface area contributed by atoms with Crippen molar-refractivity contribution in [1.82, 2.24) is 20.4 Å². The van der Waals surface area contributed by atoms with E-state index in [2.05, 4.69) is 66.5 Å². The van der Waals surface area contributed by atoms with Gasteiger partial charge in [0.2, 0.25) is 0 Å². The smallest absolute Gasteiger partial charge is 0.191 e. The fraction of sp³-hybridized carbons (Fsp3) is 0.682. The van der Waals surface area contributed by atoms with Gasteiger partial charge >= 0.3 is 0 Å². The van der Waals surface area contributed by atoms with Gasteiger partial charge < -0.3 is 25.0 Å². The average Bonchev–Trinajstić information content (AvgIpc) is 2.71. The molecule has 2 N–H and O–H groups in total. The molecule has 8 heteroatoms. The van der Waals surface area contributed by atoms with Crippen LogP contribution < -0.4 is 15.4 Å². The molecular weight excluding hydrogens is 493 g/mol. The zero-order valence-electron chi connectivity index (χ0n) is 19.2. The number of ether oxygens (including phenoxy) is 2. The van der Waals surface area contributed by atoms with Crippen LogP contribution in [0, 0.1) is 6.92 Å². The van der Waals surface area contributed by atoms with Gasteiger partial charge in [-0.25, -0.2) is 4.99 Å². The molecule has 2 rings (SSSR count). The molecule has 1 unspecified atom stereocenters. The number of likely N-dealkylation sites (N-methyl/N-ethyl adjacent to an activating group) is 1. The Morgan fingerprint density at radius 1 is 1.17 bits per heavy atom. The number of hydrogen-bond acceptors (Lipinski definition) is 5. The van der Waals surface area contributed by atoms with E-state index in [4.69, 9.17) is 14.5 Å². The first kappa shape index (κ1) is 26.9. The Hall–Kier alpha value is -1.10. The number of aliphatic imine (C=N–C) groups is 1. The fourth-order valence-corrected chi connectivity index (χ4v) is 3.30. The van der Waals surface area contributed by atoms with Crippen LogP contribution in [0.15, 0.2) is 23.2 Å².